The van der Waals surface area contributed by atoms with E-state index in [2.05, 4.69) is 5.32 Å². The molecule has 1 N–H and O–H groups in total. The van der Waals surface area contributed by atoms with Gasteiger partial charge in [0, 0.05) is 37.4 Å². The van der Waals surface area contributed by atoms with Gasteiger partial charge >= 0.3 is 6.03 Å². The number of amides is 3. The van der Waals surface area contributed by atoms with Crippen LogP contribution in [0.15, 0.2) is 53.9 Å². The molecule has 1 aromatic heterocycles. The number of urea groups is 1. The molecule has 0 bridgehead atoms. The number of aryl methyl sites for hydroxylation is 3. The molecule has 0 aliphatic rings. The number of thiophene rings is 1. The fraction of sp³-hybridized carbons (Fsp3) is 0.357. The molecule has 0 radical (unpaired) electrons. The van der Waals surface area contributed by atoms with E-state index >= 15 is 0 Å². The molecule has 0 unspecified atom stereocenters. The molecule has 2 aromatic carbocycles. The monoisotopic (exact) mass is 511 g/mol. The third-order valence-electron chi connectivity index (χ3n) is 5.96. The molecule has 3 aromatic rings. The lowest BCUT2D eigenvalue weighted by Crippen LogP contribution is -2.44. The zero-order valence-electron chi connectivity index (χ0n) is 21.3. The van der Waals surface area contributed by atoms with E-state index in [-0.39, 0.29) is 24.3 Å². The van der Waals surface area contributed by atoms with Gasteiger partial charge in [0.25, 0.3) is 0 Å². The summed E-state index contributed by atoms with van der Waals surface area (Å²) in [5.41, 5.74) is 4.72. The molecule has 192 valence electrons. The Kier molecular flexibility index (Phi) is 10.0. The Morgan fingerprint density at radius 2 is 1.72 bits per heavy atom. The van der Waals surface area contributed by atoms with Crippen LogP contribution in [-0.2, 0) is 22.6 Å². The summed E-state index contributed by atoms with van der Waals surface area (Å²) >= 11 is 1.59. The zero-order chi connectivity index (χ0) is 26.1. The topological polar surface area (TPSA) is 61.9 Å². The van der Waals surface area contributed by atoms with E-state index in [0.717, 1.165) is 27.1 Å². The molecule has 6 nitrogen and oxygen atoms in total. The van der Waals surface area contributed by atoms with E-state index in [1.165, 1.54) is 17.0 Å². The molecule has 3 amide bonds. The van der Waals surface area contributed by atoms with Gasteiger partial charge in [0.2, 0.25) is 5.91 Å². The van der Waals surface area contributed by atoms with Gasteiger partial charge in [0.15, 0.2) is 0 Å². The maximum atomic E-state index is 13.6. The Balaban J connectivity index is 1.79. The summed E-state index contributed by atoms with van der Waals surface area (Å²) in [5.74, 6) is -0.501. The first-order valence-electron chi connectivity index (χ1n) is 11.9. The Morgan fingerprint density at radius 1 is 0.972 bits per heavy atom. The zero-order valence-corrected chi connectivity index (χ0v) is 22.2. The molecule has 0 fully saturated rings. The van der Waals surface area contributed by atoms with Crippen molar-refractivity contribution in [3.63, 3.8) is 0 Å². The van der Waals surface area contributed by atoms with Crippen LogP contribution in [0.4, 0.5) is 14.9 Å². The van der Waals surface area contributed by atoms with Gasteiger partial charge in [-0.25, -0.2) is 9.18 Å². The van der Waals surface area contributed by atoms with Crippen LogP contribution in [0.5, 0.6) is 0 Å². The number of nitrogens with one attached hydrogen (secondary N) is 1. The second-order valence-corrected chi connectivity index (χ2v) is 9.92. The van der Waals surface area contributed by atoms with Crippen LogP contribution in [0.3, 0.4) is 0 Å². The fourth-order valence-corrected chi connectivity index (χ4v) is 4.77. The smallest absolute Gasteiger partial charge is 0.322 e. The van der Waals surface area contributed by atoms with Crippen molar-refractivity contribution in [2.45, 2.75) is 40.3 Å². The molecule has 0 aliphatic heterocycles. The number of carbonyl (C=O) groups excluding carboxylic acids is 2. The van der Waals surface area contributed by atoms with E-state index in [1.807, 2.05) is 50.4 Å². The second-order valence-electron chi connectivity index (χ2n) is 8.92. The van der Waals surface area contributed by atoms with Crippen molar-refractivity contribution in [1.82, 2.24) is 9.80 Å². The van der Waals surface area contributed by atoms with Crippen molar-refractivity contribution in [2.24, 2.45) is 0 Å². The van der Waals surface area contributed by atoms with Crippen molar-refractivity contribution in [2.75, 3.05) is 32.1 Å². The number of hydrogen-bond acceptors (Lipinski definition) is 4. The lowest BCUT2D eigenvalue weighted by molar-refractivity contribution is -0.133. The third kappa shape index (κ3) is 7.90. The van der Waals surface area contributed by atoms with Gasteiger partial charge in [-0.1, -0.05) is 29.8 Å². The number of nitrogens with zero attached hydrogens (tertiary/aromatic N) is 2. The van der Waals surface area contributed by atoms with Gasteiger partial charge in [-0.3, -0.25) is 4.79 Å². The Hall–Kier alpha value is -3.23. The molecule has 36 heavy (non-hydrogen) atoms. The number of hydrogen-bond donors (Lipinski definition) is 1. The normalized spacial score (nSPS) is 10.8. The first-order valence-corrected chi connectivity index (χ1v) is 12.8. The lowest BCUT2D eigenvalue weighted by Gasteiger charge is -2.28. The number of benzene rings is 2. The van der Waals surface area contributed by atoms with Crippen LogP contribution in [0, 0.1) is 26.6 Å². The SMILES string of the molecule is COCCCN(CC(=O)N(Cc1ccc(F)cc1)Cc1sccc1C)C(=O)Nc1ccc(C)cc1C. The minimum atomic E-state index is -0.333. The van der Waals surface area contributed by atoms with Crippen LogP contribution in [0.25, 0.3) is 0 Å². The summed E-state index contributed by atoms with van der Waals surface area (Å²) in [5, 5.41) is 4.95. The molecule has 3 rings (SSSR count). The lowest BCUT2D eigenvalue weighted by atomic mass is 10.1. The number of anilines is 1. The minimum absolute atomic E-state index is 0.0773. The van der Waals surface area contributed by atoms with Gasteiger partial charge in [0.1, 0.15) is 12.4 Å². The Morgan fingerprint density at radius 3 is 2.36 bits per heavy atom. The number of ether oxygens (including phenoxy) is 1. The fourth-order valence-electron chi connectivity index (χ4n) is 3.85. The van der Waals surface area contributed by atoms with Crippen molar-refractivity contribution in [3.8, 4) is 0 Å². The molecule has 0 aliphatic carbocycles. The number of halogens is 1. The van der Waals surface area contributed by atoms with Gasteiger partial charge in [-0.2, -0.15) is 0 Å². The van der Waals surface area contributed by atoms with Gasteiger partial charge < -0.3 is 19.9 Å². The summed E-state index contributed by atoms with van der Waals surface area (Å²) in [6.45, 7) is 7.47. The van der Waals surface area contributed by atoms with Crippen molar-refractivity contribution in [1.29, 1.82) is 0 Å². The first kappa shape index (κ1) is 27.4. The van der Waals surface area contributed by atoms with Crippen LogP contribution in [0.2, 0.25) is 0 Å². The molecule has 0 atom stereocenters. The summed E-state index contributed by atoms with van der Waals surface area (Å²) in [4.78, 5) is 31.1. The first-order chi connectivity index (χ1) is 17.3. The van der Waals surface area contributed by atoms with Crippen molar-refractivity contribution in [3.05, 3.63) is 86.9 Å². The average molecular weight is 512 g/mol. The van der Waals surface area contributed by atoms with Crippen molar-refractivity contribution < 1.29 is 18.7 Å². The standard InChI is InChI=1S/C28H34FN3O3S/c1-20-6-11-25(22(3)16-20)30-28(34)31(13-5-14-35-4)19-27(33)32(18-26-21(2)12-15-36-26)17-23-7-9-24(29)10-8-23/h6-12,15-16H,5,13-14,17-19H2,1-4H3,(H,30,34). The highest BCUT2D eigenvalue weighted by atomic mass is 32.1. The third-order valence-corrected chi connectivity index (χ3v) is 6.96. The highest BCUT2D eigenvalue weighted by Crippen LogP contribution is 2.21. The molecular weight excluding hydrogens is 477 g/mol. The van der Waals surface area contributed by atoms with E-state index in [4.69, 9.17) is 4.74 Å². The van der Waals surface area contributed by atoms with Crippen LogP contribution in [0.1, 0.15) is 33.6 Å². The highest BCUT2D eigenvalue weighted by Gasteiger charge is 2.23. The number of methoxy groups -OCH3 is 1. The maximum Gasteiger partial charge on any atom is 0.322 e. The highest BCUT2D eigenvalue weighted by molar-refractivity contribution is 7.10. The van der Waals surface area contributed by atoms with Crippen LogP contribution >= 0.6 is 11.3 Å². The summed E-state index contributed by atoms with van der Waals surface area (Å²) in [6.07, 6.45) is 0.603. The quantitative estimate of drug-likeness (QED) is 0.326. The summed E-state index contributed by atoms with van der Waals surface area (Å²) < 4.78 is 18.6. The van der Waals surface area contributed by atoms with E-state index in [9.17, 15) is 14.0 Å². The summed E-state index contributed by atoms with van der Waals surface area (Å²) in [7, 11) is 1.61. The molecule has 0 saturated carbocycles. The number of carbonyl (C=O) groups is 2. The van der Waals surface area contributed by atoms with E-state index in [1.54, 1.807) is 35.5 Å². The summed E-state index contributed by atoms with van der Waals surface area (Å²) in [6, 6.07) is 13.7. The molecule has 1 heterocycles. The molecule has 8 heteroatoms. The van der Waals surface area contributed by atoms with E-state index < -0.39 is 0 Å². The van der Waals surface area contributed by atoms with Gasteiger partial charge in [-0.15, -0.1) is 11.3 Å². The van der Waals surface area contributed by atoms with Crippen LogP contribution < -0.4 is 5.32 Å². The predicted octanol–water partition coefficient (Wildman–Crippen LogP) is 5.91. The molecule has 0 spiro atoms. The number of rotatable bonds is 11. The van der Waals surface area contributed by atoms with Gasteiger partial charge in [-0.05, 0) is 73.5 Å². The largest absolute Gasteiger partial charge is 0.385 e. The second kappa shape index (κ2) is 13.2. The van der Waals surface area contributed by atoms with E-state index in [0.29, 0.717) is 38.3 Å². The molecular formula is C28H34FN3O3S. The van der Waals surface area contributed by atoms with Crippen LogP contribution in [-0.4, -0.2) is 48.5 Å². The van der Waals surface area contributed by atoms with Crippen molar-refractivity contribution >= 4 is 29.0 Å². The average Bonchev–Trinajstić information content (AvgIpc) is 3.25. The maximum absolute atomic E-state index is 13.6. The Bertz CT molecular complexity index is 1160. The minimum Gasteiger partial charge on any atom is -0.385 e. The molecule has 0 saturated heterocycles. The Labute approximate surface area is 216 Å². The van der Waals surface area contributed by atoms with Gasteiger partial charge in [0.05, 0.1) is 6.54 Å². The predicted molar refractivity (Wildman–Crippen MR) is 143 cm³/mol.